The van der Waals surface area contributed by atoms with Crippen LogP contribution in [0.15, 0.2) is 65.5 Å². The molecule has 1 amide bonds. The van der Waals surface area contributed by atoms with Crippen molar-refractivity contribution in [1.82, 2.24) is 10.5 Å². The molecule has 0 aliphatic heterocycles. The second-order valence-electron chi connectivity index (χ2n) is 5.75. The molecule has 0 aliphatic carbocycles. The molecule has 26 heavy (non-hydrogen) atoms. The molecule has 2 N–H and O–H groups in total. The maximum atomic E-state index is 12.0. The van der Waals surface area contributed by atoms with E-state index in [0.29, 0.717) is 18.6 Å². The number of pyridine rings is 1. The number of nitrogens with one attached hydrogen (secondary N) is 2. The number of hydrogen-bond acceptors (Lipinski definition) is 4. The molecule has 0 spiro atoms. The van der Waals surface area contributed by atoms with Crippen molar-refractivity contribution in [3.63, 3.8) is 0 Å². The normalized spacial score (nSPS) is 10.6. The Kier molecular flexibility index (Phi) is 6.01. The standard InChI is InChI=1S/C20H20N2O4/c23-19(22-26-13-12-25-17-7-2-1-3-8-17)11-10-16-14-15-6-4-5-9-18(15)21-20(16)24/h1-9,14H,10-13H2,(H,21,24)(H,22,23). The molecular formula is C20H20N2O4. The Balaban J connectivity index is 1.40. The van der Waals surface area contributed by atoms with E-state index in [0.717, 1.165) is 16.7 Å². The number of aromatic nitrogens is 1. The molecule has 0 radical (unpaired) electrons. The number of hydrogen-bond donors (Lipinski definition) is 2. The zero-order chi connectivity index (χ0) is 18.2. The topological polar surface area (TPSA) is 80.4 Å². The molecule has 0 bridgehead atoms. The maximum absolute atomic E-state index is 12.0. The maximum Gasteiger partial charge on any atom is 0.251 e. The average Bonchev–Trinajstić information content (AvgIpc) is 2.67. The summed E-state index contributed by atoms with van der Waals surface area (Å²) in [5.41, 5.74) is 3.55. The van der Waals surface area contributed by atoms with Crippen molar-refractivity contribution in [2.75, 3.05) is 13.2 Å². The van der Waals surface area contributed by atoms with E-state index in [1.165, 1.54) is 0 Å². The third-order valence-electron chi connectivity index (χ3n) is 3.84. The fourth-order valence-electron chi connectivity index (χ4n) is 2.53. The van der Waals surface area contributed by atoms with Gasteiger partial charge in [-0.15, -0.1) is 0 Å². The van der Waals surface area contributed by atoms with Gasteiger partial charge in [-0.2, -0.15) is 0 Å². The van der Waals surface area contributed by atoms with E-state index in [4.69, 9.17) is 9.57 Å². The number of fused-ring (bicyclic) bond motifs is 1. The zero-order valence-electron chi connectivity index (χ0n) is 14.2. The number of aromatic amines is 1. The van der Waals surface area contributed by atoms with Gasteiger partial charge in [-0.1, -0.05) is 36.4 Å². The number of rotatable bonds is 8. The number of hydroxylamine groups is 1. The van der Waals surface area contributed by atoms with Gasteiger partial charge in [0, 0.05) is 17.5 Å². The molecule has 0 unspecified atom stereocenters. The van der Waals surface area contributed by atoms with Gasteiger partial charge in [-0.05, 0) is 36.1 Å². The van der Waals surface area contributed by atoms with Gasteiger partial charge in [0.2, 0.25) is 5.91 Å². The summed E-state index contributed by atoms with van der Waals surface area (Å²) in [7, 11) is 0. The number of para-hydroxylation sites is 2. The molecule has 0 aliphatic rings. The van der Waals surface area contributed by atoms with Crippen molar-refractivity contribution in [3.8, 4) is 5.75 Å². The molecule has 134 valence electrons. The monoisotopic (exact) mass is 352 g/mol. The second kappa shape index (κ2) is 8.82. The average molecular weight is 352 g/mol. The number of carbonyl (C=O) groups is 1. The first-order valence-corrected chi connectivity index (χ1v) is 8.42. The van der Waals surface area contributed by atoms with Crippen LogP contribution < -0.4 is 15.8 Å². The fourth-order valence-corrected chi connectivity index (χ4v) is 2.53. The SMILES string of the molecule is O=C(CCc1cc2ccccc2[nH]c1=O)NOCCOc1ccccc1. The van der Waals surface area contributed by atoms with Gasteiger partial charge in [0.05, 0.1) is 0 Å². The van der Waals surface area contributed by atoms with Crippen LogP contribution in [0.1, 0.15) is 12.0 Å². The van der Waals surface area contributed by atoms with Gasteiger partial charge in [0.25, 0.3) is 5.56 Å². The van der Waals surface area contributed by atoms with Crippen LogP contribution in [-0.2, 0) is 16.1 Å². The van der Waals surface area contributed by atoms with Crippen LogP contribution in [0, 0.1) is 0 Å². The Morgan fingerprint density at radius 2 is 1.77 bits per heavy atom. The number of amides is 1. The van der Waals surface area contributed by atoms with Gasteiger partial charge in [0.15, 0.2) is 0 Å². The molecule has 0 atom stereocenters. The summed E-state index contributed by atoms with van der Waals surface area (Å²) < 4.78 is 5.45. The van der Waals surface area contributed by atoms with E-state index in [2.05, 4.69) is 10.5 Å². The molecule has 1 aromatic heterocycles. The summed E-state index contributed by atoms with van der Waals surface area (Å²) in [5, 5.41) is 0.941. The quantitative estimate of drug-likeness (QED) is 0.482. The largest absolute Gasteiger partial charge is 0.491 e. The molecule has 1 heterocycles. The number of benzene rings is 2. The number of ether oxygens (including phenoxy) is 1. The first-order valence-electron chi connectivity index (χ1n) is 8.42. The molecule has 6 heteroatoms. The molecule has 0 saturated heterocycles. The molecule has 0 fully saturated rings. The van der Waals surface area contributed by atoms with E-state index in [9.17, 15) is 9.59 Å². The van der Waals surface area contributed by atoms with Gasteiger partial charge >= 0.3 is 0 Å². The summed E-state index contributed by atoms with van der Waals surface area (Å²) in [6.07, 6.45) is 0.511. The molecule has 3 rings (SSSR count). The number of carbonyl (C=O) groups excluding carboxylic acids is 1. The minimum Gasteiger partial charge on any atom is -0.491 e. The van der Waals surface area contributed by atoms with Gasteiger partial charge < -0.3 is 9.72 Å². The lowest BCUT2D eigenvalue weighted by molar-refractivity contribution is -0.134. The van der Waals surface area contributed by atoms with Crippen molar-refractivity contribution in [2.45, 2.75) is 12.8 Å². The Labute approximate surface area is 150 Å². The van der Waals surface area contributed by atoms with E-state index in [-0.39, 0.29) is 24.5 Å². The van der Waals surface area contributed by atoms with Crippen LogP contribution in [0.5, 0.6) is 5.75 Å². The molecule has 0 saturated carbocycles. The van der Waals surface area contributed by atoms with Crippen LogP contribution in [0.3, 0.4) is 0 Å². The molecule has 6 nitrogen and oxygen atoms in total. The Hall–Kier alpha value is -3.12. The first-order chi connectivity index (χ1) is 12.7. The number of H-pyrrole nitrogens is 1. The van der Waals surface area contributed by atoms with Crippen molar-refractivity contribution in [2.24, 2.45) is 0 Å². The van der Waals surface area contributed by atoms with E-state index in [1.54, 1.807) is 0 Å². The van der Waals surface area contributed by atoms with Crippen LogP contribution in [0.2, 0.25) is 0 Å². The van der Waals surface area contributed by atoms with Gasteiger partial charge in [-0.25, -0.2) is 5.48 Å². The fraction of sp³-hybridized carbons (Fsp3) is 0.200. The molecule has 3 aromatic rings. The highest BCUT2D eigenvalue weighted by Gasteiger charge is 2.07. The Morgan fingerprint density at radius 3 is 2.62 bits per heavy atom. The van der Waals surface area contributed by atoms with Crippen molar-refractivity contribution < 1.29 is 14.4 Å². The summed E-state index contributed by atoms with van der Waals surface area (Å²) in [5.74, 6) is 0.468. The lowest BCUT2D eigenvalue weighted by Gasteiger charge is -2.08. The highest BCUT2D eigenvalue weighted by Crippen LogP contribution is 2.11. The van der Waals surface area contributed by atoms with E-state index >= 15 is 0 Å². The molecule has 2 aromatic carbocycles. The lowest BCUT2D eigenvalue weighted by Crippen LogP contribution is -2.27. The third kappa shape index (κ3) is 4.94. The minimum absolute atomic E-state index is 0.168. The first kappa shape index (κ1) is 17.7. The van der Waals surface area contributed by atoms with E-state index < -0.39 is 0 Å². The zero-order valence-corrected chi connectivity index (χ0v) is 14.2. The summed E-state index contributed by atoms with van der Waals surface area (Å²) in [4.78, 5) is 31.8. The van der Waals surface area contributed by atoms with Gasteiger partial charge in [0.1, 0.15) is 19.0 Å². The number of aryl methyl sites for hydroxylation is 1. The Bertz CT molecular complexity index is 922. The highest BCUT2D eigenvalue weighted by molar-refractivity contribution is 5.79. The lowest BCUT2D eigenvalue weighted by atomic mass is 10.1. The van der Waals surface area contributed by atoms with Crippen LogP contribution in [-0.4, -0.2) is 24.1 Å². The summed E-state index contributed by atoms with van der Waals surface area (Å²) in [6.45, 7) is 0.561. The second-order valence-corrected chi connectivity index (χ2v) is 5.75. The van der Waals surface area contributed by atoms with Gasteiger partial charge in [-0.3, -0.25) is 14.4 Å². The van der Waals surface area contributed by atoms with Crippen molar-refractivity contribution in [1.29, 1.82) is 0 Å². The van der Waals surface area contributed by atoms with Crippen LogP contribution in [0.4, 0.5) is 0 Å². The van der Waals surface area contributed by atoms with Crippen LogP contribution in [0.25, 0.3) is 10.9 Å². The highest BCUT2D eigenvalue weighted by atomic mass is 16.7. The minimum atomic E-state index is -0.280. The Morgan fingerprint density at radius 1 is 1.00 bits per heavy atom. The predicted molar refractivity (Wildman–Crippen MR) is 98.9 cm³/mol. The van der Waals surface area contributed by atoms with Crippen molar-refractivity contribution >= 4 is 16.8 Å². The predicted octanol–water partition coefficient (Wildman–Crippen LogP) is 2.59. The third-order valence-corrected chi connectivity index (χ3v) is 3.84. The van der Waals surface area contributed by atoms with E-state index in [1.807, 2.05) is 60.7 Å². The smallest absolute Gasteiger partial charge is 0.251 e. The summed E-state index contributed by atoms with van der Waals surface area (Å²) in [6, 6.07) is 18.7. The van der Waals surface area contributed by atoms with Crippen LogP contribution >= 0.6 is 0 Å². The summed E-state index contributed by atoms with van der Waals surface area (Å²) >= 11 is 0. The van der Waals surface area contributed by atoms with Crippen molar-refractivity contribution in [3.05, 3.63) is 76.6 Å². The molecular weight excluding hydrogens is 332 g/mol.